The standard InChI is InChI=1S/C14H18O4S/c1-14(2,3)18-13(17)9-19-11-6-4-10(5-7-11)8-12(15)16/h4-7H,8-9H2,1-3H3,(H,15,16). The smallest absolute Gasteiger partial charge is 0.316 e. The molecule has 0 bridgehead atoms. The molecular formula is C14H18O4S. The summed E-state index contributed by atoms with van der Waals surface area (Å²) < 4.78 is 5.20. The van der Waals surface area contributed by atoms with Crippen LogP contribution in [0.5, 0.6) is 0 Å². The van der Waals surface area contributed by atoms with E-state index in [0.29, 0.717) is 0 Å². The molecule has 0 heterocycles. The van der Waals surface area contributed by atoms with Crippen LogP contribution < -0.4 is 0 Å². The zero-order valence-electron chi connectivity index (χ0n) is 11.3. The van der Waals surface area contributed by atoms with Crippen molar-refractivity contribution in [1.82, 2.24) is 0 Å². The molecule has 0 atom stereocenters. The predicted octanol–water partition coefficient (Wildman–Crippen LogP) is 2.75. The quantitative estimate of drug-likeness (QED) is 0.664. The lowest BCUT2D eigenvalue weighted by molar-refractivity contribution is -0.151. The number of esters is 1. The summed E-state index contributed by atoms with van der Waals surface area (Å²) >= 11 is 1.37. The minimum atomic E-state index is -0.853. The Bertz CT molecular complexity index is 446. The highest BCUT2D eigenvalue weighted by Gasteiger charge is 2.16. The third-order valence-electron chi connectivity index (χ3n) is 2.06. The van der Waals surface area contributed by atoms with E-state index in [4.69, 9.17) is 9.84 Å². The molecule has 0 saturated heterocycles. The monoisotopic (exact) mass is 282 g/mol. The van der Waals surface area contributed by atoms with Gasteiger partial charge in [0.25, 0.3) is 0 Å². The second kappa shape index (κ2) is 6.61. The van der Waals surface area contributed by atoms with Crippen LogP contribution in [0.2, 0.25) is 0 Å². The second-order valence-electron chi connectivity index (χ2n) is 5.09. The van der Waals surface area contributed by atoms with Crippen LogP contribution in [0.15, 0.2) is 29.2 Å². The maximum Gasteiger partial charge on any atom is 0.316 e. The predicted molar refractivity (Wildman–Crippen MR) is 74.4 cm³/mol. The average Bonchev–Trinajstić information content (AvgIpc) is 2.25. The van der Waals surface area contributed by atoms with Crippen LogP contribution in [0.4, 0.5) is 0 Å². The van der Waals surface area contributed by atoms with E-state index in [1.165, 1.54) is 11.8 Å². The number of benzene rings is 1. The minimum absolute atomic E-state index is 0.0109. The number of aliphatic carboxylic acids is 1. The summed E-state index contributed by atoms with van der Waals surface area (Å²) in [4.78, 5) is 23.0. The normalized spacial score (nSPS) is 11.1. The number of rotatable bonds is 5. The molecule has 19 heavy (non-hydrogen) atoms. The Kier molecular flexibility index (Phi) is 5.42. The molecule has 1 N–H and O–H groups in total. The molecule has 104 valence electrons. The molecule has 0 aliphatic heterocycles. The fourth-order valence-corrected chi connectivity index (χ4v) is 2.06. The third-order valence-corrected chi connectivity index (χ3v) is 3.04. The number of hydrogen-bond donors (Lipinski definition) is 1. The summed E-state index contributed by atoms with van der Waals surface area (Å²) in [5.74, 6) is -0.864. The number of thioether (sulfide) groups is 1. The molecule has 0 amide bonds. The number of carboxylic acids is 1. The Labute approximate surface area is 117 Å². The highest BCUT2D eigenvalue weighted by molar-refractivity contribution is 8.00. The molecule has 1 aromatic carbocycles. The van der Waals surface area contributed by atoms with Gasteiger partial charge in [-0.15, -0.1) is 11.8 Å². The van der Waals surface area contributed by atoms with Crippen molar-refractivity contribution in [1.29, 1.82) is 0 Å². The molecule has 0 saturated carbocycles. The van der Waals surface area contributed by atoms with Crippen molar-refractivity contribution >= 4 is 23.7 Å². The van der Waals surface area contributed by atoms with E-state index in [0.717, 1.165) is 10.5 Å². The van der Waals surface area contributed by atoms with Crippen molar-refractivity contribution < 1.29 is 19.4 Å². The molecule has 0 unspecified atom stereocenters. The van der Waals surface area contributed by atoms with Gasteiger partial charge in [0.1, 0.15) is 5.60 Å². The first-order chi connectivity index (χ1) is 8.76. The van der Waals surface area contributed by atoms with Gasteiger partial charge < -0.3 is 9.84 Å². The van der Waals surface area contributed by atoms with Gasteiger partial charge in [-0.1, -0.05) is 12.1 Å². The van der Waals surface area contributed by atoms with Crippen molar-refractivity contribution in [2.75, 3.05) is 5.75 Å². The fraction of sp³-hybridized carbons (Fsp3) is 0.429. The molecule has 1 rings (SSSR count). The molecule has 5 heteroatoms. The van der Waals surface area contributed by atoms with E-state index in [-0.39, 0.29) is 18.1 Å². The molecular weight excluding hydrogens is 264 g/mol. The van der Waals surface area contributed by atoms with Gasteiger partial charge in [0, 0.05) is 4.90 Å². The average molecular weight is 282 g/mol. The van der Waals surface area contributed by atoms with E-state index >= 15 is 0 Å². The summed E-state index contributed by atoms with van der Waals surface area (Å²) in [6, 6.07) is 7.14. The fourth-order valence-electron chi connectivity index (χ4n) is 1.39. The molecule has 0 aromatic heterocycles. The maximum absolute atomic E-state index is 11.5. The second-order valence-corrected chi connectivity index (χ2v) is 6.14. The number of hydrogen-bond acceptors (Lipinski definition) is 4. The van der Waals surface area contributed by atoms with Gasteiger partial charge >= 0.3 is 11.9 Å². The Morgan fingerprint density at radius 1 is 1.21 bits per heavy atom. The van der Waals surface area contributed by atoms with Gasteiger partial charge in [-0.25, -0.2) is 0 Å². The van der Waals surface area contributed by atoms with E-state index in [1.807, 2.05) is 32.9 Å². The van der Waals surface area contributed by atoms with Crippen molar-refractivity contribution in [3.8, 4) is 0 Å². The van der Waals surface area contributed by atoms with E-state index < -0.39 is 11.6 Å². The Morgan fingerprint density at radius 3 is 2.26 bits per heavy atom. The van der Waals surface area contributed by atoms with Crippen LogP contribution in [0.3, 0.4) is 0 Å². The maximum atomic E-state index is 11.5. The number of carbonyl (C=O) groups is 2. The van der Waals surface area contributed by atoms with Crippen LogP contribution >= 0.6 is 11.8 Å². The first kappa shape index (κ1) is 15.6. The summed E-state index contributed by atoms with van der Waals surface area (Å²) in [5, 5.41) is 8.65. The Balaban J connectivity index is 2.46. The van der Waals surface area contributed by atoms with Gasteiger partial charge in [-0.3, -0.25) is 9.59 Å². The topological polar surface area (TPSA) is 63.6 Å². The molecule has 0 aliphatic carbocycles. The molecule has 0 radical (unpaired) electrons. The van der Waals surface area contributed by atoms with Crippen LogP contribution in [0.25, 0.3) is 0 Å². The van der Waals surface area contributed by atoms with Crippen molar-refractivity contribution in [3.63, 3.8) is 0 Å². The van der Waals surface area contributed by atoms with Crippen molar-refractivity contribution in [2.24, 2.45) is 0 Å². The highest BCUT2D eigenvalue weighted by Crippen LogP contribution is 2.20. The molecule has 1 aromatic rings. The van der Waals surface area contributed by atoms with Crippen LogP contribution in [0, 0.1) is 0 Å². The van der Waals surface area contributed by atoms with Crippen LogP contribution in [-0.4, -0.2) is 28.4 Å². The molecule has 0 aliphatic rings. The number of carbonyl (C=O) groups excluding carboxylic acids is 1. The Morgan fingerprint density at radius 2 is 1.79 bits per heavy atom. The zero-order chi connectivity index (χ0) is 14.5. The first-order valence-electron chi connectivity index (χ1n) is 5.91. The Hall–Kier alpha value is -1.49. The van der Waals surface area contributed by atoms with Crippen LogP contribution in [0.1, 0.15) is 26.3 Å². The largest absolute Gasteiger partial charge is 0.481 e. The number of ether oxygens (including phenoxy) is 1. The van der Waals surface area contributed by atoms with Gasteiger partial charge in [-0.05, 0) is 38.5 Å². The summed E-state index contributed by atoms with van der Waals surface area (Å²) in [6.07, 6.45) is 0.0109. The van der Waals surface area contributed by atoms with Gasteiger partial charge in [0.05, 0.1) is 12.2 Å². The van der Waals surface area contributed by atoms with E-state index in [9.17, 15) is 9.59 Å². The lowest BCUT2D eigenvalue weighted by Gasteiger charge is -2.19. The molecule has 0 spiro atoms. The molecule has 4 nitrogen and oxygen atoms in total. The lowest BCUT2D eigenvalue weighted by Crippen LogP contribution is -2.24. The van der Waals surface area contributed by atoms with Gasteiger partial charge in [0.15, 0.2) is 0 Å². The SMILES string of the molecule is CC(C)(C)OC(=O)CSc1ccc(CC(=O)O)cc1. The van der Waals surface area contributed by atoms with Crippen molar-refractivity contribution in [2.45, 2.75) is 37.7 Å². The summed E-state index contributed by atoms with van der Waals surface area (Å²) in [7, 11) is 0. The highest BCUT2D eigenvalue weighted by atomic mass is 32.2. The summed E-state index contributed by atoms with van der Waals surface area (Å²) in [5.41, 5.74) is 0.275. The van der Waals surface area contributed by atoms with Gasteiger partial charge in [0.2, 0.25) is 0 Å². The number of carboxylic acid groups (broad SMARTS) is 1. The van der Waals surface area contributed by atoms with Gasteiger partial charge in [-0.2, -0.15) is 0 Å². The van der Waals surface area contributed by atoms with E-state index in [1.54, 1.807) is 12.1 Å². The third kappa shape index (κ3) is 6.86. The van der Waals surface area contributed by atoms with E-state index in [2.05, 4.69) is 0 Å². The first-order valence-corrected chi connectivity index (χ1v) is 6.90. The van der Waals surface area contributed by atoms with Crippen molar-refractivity contribution in [3.05, 3.63) is 29.8 Å². The molecule has 0 fully saturated rings. The summed E-state index contributed by atoms with van der Waals surface area (Å²) in [6.45, 7) is 5.49. The lowest BCUT2D eigenvalue weighted by atomic mass is 10.2. The minimum Gasteiger partial charge on any atom is -0.481 e. The zero-order valence-corrected chi connectivity index (χ0v) is 12.1. The van der Waals surface area contributed by atoms with Crippen LogP contribution in [-0.2, 0) is 20.7 Å².